The zero-order valence-electron chi connectivity index (χ0n) is 9.63. The quantitative estimate of drug-likeness (QED) is 0.648. The van der Waals surface area contributed by atoms with Crippen LogP contribution < -0.4 is 0 Å². The van der Waals surface area contributed by atoms with E-state index in [1.807, 2.05) is 0 Å². The highest BCUT2D eigenvalue weighted by Gasteiger charge is 2.42. The Morgan fingerprint density at radius 2 is 1.93 bits per heavy atom. The molecular weight excluding hydrogens is 188 g/mol. The van der Waals surface area contributed by atoms with Crippen molar-refractivity contribution >= 4 is 0 Å². The molecule has 0 saturated heterocycles. The first kappa shape index (κ1) is 11.2. The van der Waals surface area contributed by atoms with Gasteiger partial charge in [-0.3, -0.25) is 0 Å². The van der Waals surface area contributed by atoms with Gasteiger partial charge in [0.1, 0.15) is 0 Å². The van der Waals surface area contributed by atoms with Crippen molar-refractivity contribution in [3.63, 3.8) is 0 Å². The van der Waals surface area contributed by atoms with E-state index in [0.29, 0.717) is 17.8 Å². The van der Waals surface area contributed by atoms with Gasteiger partial charge in [-0.1, -0.05) is 26.0 Å². The Bertz CT molecular complexity index is 249. The fourth-order valence-corrected chi connectivity index (χ4v) is 3.48. The van der Waals surface area contributed by atoms with Gasteiger partial charge in [0.2, 0.25) is 0 Å². The van der Waals surface area contributed by atoms with E-state index in [9.17, 15) is 10.2 Å². The maximum Gasteiger partial charge on any atom is 0.0580 e. The lowest BCUT2D eigenvalue weighted by Gasteiger charge is -2.45. The maximum absolute atomic E-state index is 10.1. The van der Waals surface area contributed by atoms with Crippen molar-refractivity contribution < 1.29 is 10.2 Å². The number of allylic oxidation sites excluding steroid dienone is 2. The molecule has 2 aliphatic rings. The molecule has 0 amide bonds. The van der Waals surface area contributed by atoms with E-state index in [1.54, 1.807) is 0 Å². The minimum Gasteiger partial charge on any atom is -0.396 e. The number of fused-ring (bicyclic) bond motifs is 1. The van der Waals surface area contributed by atoms with Crippen molar-refractivity contribution in [2.45, 2.75) is 32.8 Å². The minimum atomic E-state index is -0.219. The summed E-state index contributed by atoms with van der Waals surface area (Å²) >= 11 is 0. The van der Waals surface area contributed by atoms with E-state index < -0.39 is 0 Å². The Morgan fingerprint density at radius 3 is 2.60 bits per heavy atom. The third-order valence-electron chi connectivity index (χ3n) is 4.30. The van der Waals surface area contributed by atoms with E-state index in [0.717, 1.165) is 6.42 Å². The number of aliphatic hydroxyl groups excluding tert-OH is 2. The molecule has 0 aromatic heterocycles. The summed E-state index contributed by atoms with van der Waals surface area (Å²) in [7, 11) is 0. The van der Waals surface area contributed by atoms with Crippen LogP contribution in [0.5, 0.6) is 0 Å². The van der Waals surface area contributed by atoms with Gasteiger partial charge >= 0.3 is 0 Å². The molecule has 0 unspecified atom stereocenters. The summed E-state index contributed by atoms with van der Waals surface area (Å²) in [4.78, 5) is 0. The standard InChI is InChI=1S/C13H22O2/c1-8-5-10-4-3-9(2)11(7-14)13(10)12(15)6-8/h3-4,8-15H,5-7H2,1-2H3/t8-,9-,10-,11-,12-,13-/m0/s1. The van der Waals surface area contributed by atoms with Crippen LogP contribution in [0.4, 0.5) is 0 Å². The largest absolute Gasteiger partial charge is 0.396 e. The number of aliphatic hydroxyl groups is 2. The van der Waals surface area contributed by atoms with Crippen molar-refractivity contribution in [3.05, 3.63) is 12.2 Å². The second-order valence-corrected chi connectivity index (χ2v) is 5.48. The highest BCUT2D eigenvalue weighted by Crippen LogP contribution is 2.44. The smallest absolute Gasteiger partial charge is 0.0580 e. The molecule has 0 spiro atoms. The third kappa shape index (κ3) is 1.98. The summed E-state index contributed by atoms with van der Waals surface area (Å²) in [6.45, 7) is 4.55. The van der Waals surface area contributed by atoms with Gasteiger partial charge < -0.3 is 10.2 Å². The Labute approximate surface area is 92.0 Å². The molecule has 1 saturated carbocycles. The van der Waals surface area contributed by atoms with Crippen LogP contribution in [0, 0.1) is 29.6 Å². The molecule has 2 rings (SSSR count). The zero-order chi connectivity index (χ0) is 11.0. The molecule has 0 heterocycles. The van der Waals surface area contributed by atoms with Crippen LogP contribution in [0.2, 0.25) is 0 Å². The van der Waals surface area contributed by atoms with Crippen LogP contribution in [0.3, 0.4) is 0 Å². The van der Waals surface area contributed by atoms with Crippen LogP contribution in [-0.2, 0) is 0 Å². The Morgan fingerprint density at radius 1 is 1.20 bits per heavy atom. The molecule has 2 N–H and O–H groups in total. The van der Waals surface area contributed by atoms with Gasteiger partial charge in [0.15, 0.2) is 0 Å². The van der Waals surface area contributed by atoms with Crippen LogP contribution in [-0.4, -0.2) is 22.9 Å². The molecule has 0 radical (unpaired) electrons. The monoisotopic (exact) mass is 210 g/mol. The second-order valence-electron chi connectivity index (χ2n) is 5.48. The minimum absolute atomic E-state index is 0.206. The predicted octanol–water partition coefficient (Wildman–Crippen LogP) is 1.82. The second kappa shape index (κ2) is 4.26. The first-order valence-corrected chi connectivity index (χ1v) is 6.10. The molecule has 2 nitrogen and oxygen atoms in total. The molecule has 2 heteroatoms. The summed E-state index contributed by atoms with van der Waals surface area (Å²) in [6.07, 6.45) is 6.33. The van der Waals surface area contributed by atoms with Gasteiger partial charge in [-0.2, -0.15) is 0 Å². The van der Waals surface area contributed by atoms with Crippen LogP contribution in [0.25, 0.3) is 0 Å². The first-order valence-electron chi connectivity index (χ1n) is 6.10. The van der Waals surface area contributed by atoms with Gasteiger partial charge in [0, 0.05) is 6.61 Å². The summed E-state index contributed by atoms with van der Waals surface area (Å²) in [5.41, 5.74) is 0. The van der Waals surface area contributed by atoms with E-state index in [1.165, 1.54) is 6.42 Å². The van der Waals surface area contributed by atoms with Gasteiger partial charge in [-0.25, -0.2) is 0 Å². The fourth-order valence-electron chi connectivity index (χ4n) is 3.48. The van der Waals surface area contributed by atoms with Crippen LogP contribution >= 0.6 is 0 Å². The van der Waals surface area contributed by atoms with E-state index in [2.05, 4.69) is 26.0 Å². The highest BCUT2D eigenvalue weighted by molar-refractivity contribution is 5.07. The van der Waals surface area contributed by atoms with Crippen molar-refractivity contribution in [1.29, 1.82) is 0 Å². The molecule has 2 aliphatic carbocycles. The van der Waals surface area contributed by atoms with E-state index >= 15 is 0 Å². The molecule has 0 aliphatic heterocycles. The number of hydrogen-bond donors (Lipinski definition) is 2. The van der Waals surface area contributed by atoms with Gasteiger partial charge in [0.05, 0.1) is 6.10 Å². The van der Waals surface area contributed by atoms with Crippen molar-refractivity contribution in [2.24, 2.45) is 29.6 Å². The summed E-state index contributed by atoms with van der Waals surface area (Å²) < 4.78 is 0. The molecular formula is C13H22O2. The fraction of sp³-hybridized carbons (Fsp3) is 0.846. The van der Waals surface area contributed by atoms with Crippen LogP contribution in [0.1, 0.15) is 26.7 Å². The topological polar surface area (TPSA) is 40.5 Å². The normalized spacial score (nSPS) is 50.1. The van der Waals surface area contributed by atoms with Gasteiger partial charge in [0.25, 0.3) is 0 Å². The van der Waals surface area contributed by atoms with Crippen LogP contribution in [0.15, 0.2) is 12.2 Å². The van der Waals surface area contributed by atoms with Crippen molar-refractivity contribution in [3.8, 4) is 0 Å². The predicted molar refractivity (Wildman–Crippen MR) is 60.3 cm³/mol. The lowest BCUT2D eigenvalue weighted by atomic mass is 9.62. The zero-order valence-corrected chi connectivity index (χ0v) is 9.63. The van der Waals surface area contributed by atoms with E-state index in [-0.39, 0.29) is 24.5 Å². The molecule has 15 heavy (non-hydrogen) atoms. The molecule has 86 valence electrons. The number of hydrogen-bond acceptors (Lipinski definition) is 2. The highest BCUT2D eigenvalue weighted by atomic mass is 16.3. The lowest BCUT2D eigenvalue weighted by Crippen LogP contribution is -2.44. The molecule has 0 aromatic rings. The Balaban J connectivity index is 2.21. The Kier molecular flexibility index (Phi) is 3.17. The summed E-state index contributed by atoms with van der Waals surface area (Å²) in [5.74, 6) is 2.03. The number of rotatable bonds is 1. The lowest BCUT2D eigenvalue weighted by molar-refractivity contribution is -0.0359. The van der Waals surface area contributed by atoms with Crippen molar-refractivity contribution in [2.75, 3.05) is 6.61 Å². The molecule has 1 fully saturated rings. The SMILES string of the molecule is C[C@@H]1C[C@H](O)[C@@H]2[C@@H](CO)[C@@H](C)C=C[C@H]2C1. The average Bonchev–Trinajstić information content (AvgIpc) is 2.18. The maximum atomic E-state index is 10.1. The van der Waals surface area contributed by atoms with Gasteiger partial charge in [-0.15, -0.1) is 0 Å². The Hall–Kier alpha value is -0.340. The summed E-state index contributed by atoms with van der Waals surface area (Å²) in [5, 5.41) is 19.6. The molecule has 0 bridgehead atoms. The van der Waals surface area contributed by atoms with Crippen molar-refractivity contribution in [1.82, 2.24) is 0 Å². The molecule has 0 aromatic carbocycles. The molecule has 6 atom stereocenters. The summed E-state index contributed by atoms with van der Waals surface area (Å²) in [6, 6.07) is 0. The third-order valence-corrected chi connectivity index (χ3v) is 4.30. The first-order chi connectivity index (χ1) is 7.13. The van der Waals surface area contributed by atoms with E-state index in [4.69, 9.17) is 0 Å². The average molecular weight is 210 g/mol. The van der Waals surface area contributed by atoms with Gasteiger partial charge in [-0.05, 0) is 42.4 Å².